The monoisotopic (exact) mass is 182 g/mol. The molecular formula is C4H4ClF5. The fourth-order valence-corrected chi connectivity index (χ4v) is 0.349. The quantitative estimate of drug-likeness (QED) is 0.432. The molecule has 0 aromatic carbocycles. The van der Waals surface area contributed by atoms with Crippen LogP contribution in [0.15, 0.2) is 0 Å². The first-order chi connectivity index (χ1) is 4.19. The molecule has 1 atom stereocenters. The fourth-order valence-electron chi connectivity index (χ4n) is 0.226. The highest BCUT2D eigenvalue weighted by molar-refractivity contribution is 6.21. The van der Waals surface area contributed by atoms with Gasteiger partial charge < -0.3 is 0 Å². The second-order valence-electron chi connectivity index (χ2n) is 1.74. The van der Waals surface area contributed by atoms with E-state index in [1.54, 1.807) is 0 Å². The van der Waals surface area contributed by atoms with Crippen molar-refractivity contribution in [2.75, 3.05) is 0 Å². The molecule has 0 nitrogen and oxygen atoms in total. The topological polar surface area (TPSA) is 0 Å². The Hall–Kier alpha value is -0.0600. The van der Waals surface area contributed by atoms with Crippen molar-refractivity contribution < 1.29 is 22.0 Å². The largest absolute Gasteiger partial charge is 0.454 e. The number of halogens is 6. The van der Waals surface area contributed by atoms with Gasteiger partial charge in [0.05, 0.1) is 0 Å². The zero-order valence-electron chi connectivity index (χ0n) is 4.85. The molecule has 6 heteroatoms. The minimum Gasteiger partial charge on any atom is -0.195 e. The second-order valence-corrected chi connectivity index (χ2v) is 2.39. The molecule has 0 radical (unpaired) electrons. The van der Waals surface area contributed by atoms with Crippen LogP contribution in [0.5, 0.6) is 0 Å². The number of alkyl halides is 6. The first kappa shape index (κ1) is 9.94. The van der Waals surface area contributed by atoms with Crippen molar-refractivity contribution in [2.45, 2.75) is 24.4 Å². The molecule has 0 aliphatic heterocycles. The van der Waals surface area contributed by atoms with Gasteiger partial charge in [-0.05, 0) is 6.92 Å². The van der Waals surface area contributed by atoms with E-state index in [1.165, 1.54) is 0 Å². The van der Waals surface area contributed by atoms with Crippen LogP contribution in [-0.2, 0) is 0 Å². The van der Waals surface area contributed by atoms with E-state index in [0.717, 1.165) is 0 Å². The van der Waals surface area contributed by atoms with Gasteiger partial charge in [-0.25, -0.2) is 0 Å². The van der Waals surface area contributed by atoms with Crippen molar-refractivity contribution in [1.29, 1.82) is 0 Å². The second kappa shape index (κ2) is 2.53. The fraction of sp³-hybridized carbons (Fsp3) is 1.00. The van der Waals surface area contributed by atoms with Crippen LogP contribution in [0, 0.1) is 0 Å². The van der Waals surface area contributed by atoms with E-state index in [9.17, 15) is 22.0 Å². The van der Waals surface area contributed by atoms with Crippen LogP contribution in [-0.4, -0.2) is 17.5 Å². The van der Waals surface area contributed by atoms with Gasteiger partial charge in [-0.3, -0.25) is 0 Å². The Morgan fingerprint density at radius 2 is 1.40 bits per heavy atom. The Morgan fingerprint density at radius 1 is 1.10 bits per heavy atom. The predicted molar refractivity (Wildman–Crippen MR) is 26.3 cm³/mol. The molecule has 0 heterocycles. The molecule has 0 aromatic rings. The van der Waals surface area contributed by atoms with Crippen LogP contribution >= 0.6 is 11.6 Å². The van der Waals surface area contributed by atoms with Gasteiger partial charge in [0, 0.05) is 0 Å². The van der Waals surface area contributed by atoms with E-state index >= 15 is 0 Å². The molecule has 62 valence electrons. The van der Waals surface area contributed by atoms with Crippen molar-refractivity contribution in [3.63, 3.8) is 0 Å². The van der Waals surface area contributed by atoms with Gasteiger partial charge in [-0.2, -0.15) is 22.0 Å². The average Bonchev–Trinajstić information content (AvgIpc) is 1.62. The summed E-state index contributed by atoms with van der Waals surface area (Å²) < 4.78 is 57.3. The normalized spacial score (nSPS) is 17.1. The van der Waals surface area contributed by atoms with Gasteiger partial charge in [-0.1, -0.05) is 0 Å². The molecule has 0 aliphatic rings. The summed E-state index contributed by atoms with van der Waals surface area (Å²) in [4.78, 5) is 0. The van der Waals surface area contributed by atoms with Crippen LogP contribution in [0.2, 0.25) is 0 Å². The summed E-state index contributed by atoms with van der Waals surface area (Å²) in [7, 11) is 0. The highest BCUT2D eigenvalue weighted by Crippen LogP contribution is 2.39. The zero-order chi connectivity index (χ0) is 8.58. The van der Waals surface area contributed by atoms with Gasteiger partial charge in [0.15, 0.2) is 0 Å². The predicted octanol–water partition coefficient (Wildman–Crippen LogP) is 2.81. The maximum atomic E-state index is 11.8. The van der Waals surface area contributed by atoms with Gasteiger partial charge >= 0.3 is 12.1 Å². The summed E-state index contributed by atoms with van der Waals surface area (Å²) in [5.74, 6) is -4.80. The zero-order valence-corrected chi connectivity index (χ0v) is 5.60. The minimum atomic E-state index is -5.55. The summed E-state index contributed by atoms with van der Waals surface area (Å²) in [5.41, 5.74) is 0. The number of hydrogen-bond acceptors (Lipinski definition) is 0. The Morgan fingerprint density at radius 3 is 1.40 bits per heavy atom. The van der Waals surface area contributed by atoms with Crippen molar-refractivity contribution in [2.24, 2.45) is 0 Å². The van der Waals surface area contributed by atoms with Gasteiger partial charge in [0.25, 0.3) is 0 Å². The van der Waals surface area contributed by atoms with Gasteiger partial charge in [0.2, 0.25) is 0 Å². The molecule has 0 N–H and O–H groups in total. The lowest BCUT2D eigenvalue weighted by Crippen LogP contribution is -2.42. The first-order valence-corrected chi connectivity index (χ1v) is 2.72. The summed E-state index contributed by atoms with van der Waals surface area (Å²) >= 11 is 4.58. The van der Waals surface area contributed by atoms with Crippen molar-refractivity contribution in [3.05, 3.63) is 0 Å². The van der Waals surface area contributed by atoms with Crippen molar-refractivity contribution >= 4 is 11.6 Å². The van der Waals surface area contributed by atoms with Crippen molar-refractivity contribution in [1.82, 2.24) is 0 Å². The Bertz CT molecular complexity index is 115. The smallest absolute Gasteiger partial charge is 0.195 e. The Balaban J connectivity index is 4.40. The van der Waals surface area contributed by atoms with Crippen LogP contribution in [0.4, 0.5) is 22.0 Å². The summed E-state index contributed by atoms with van der Waals surface area (Å²) in [6.07, 6.45) is -5.55. The highest BCUT2D eigenvalue weighted by atomic mass is 35.5. The Kier molecular flexibility index (Phi) is 2.51. The molecule has 0 saturated heterocycles. The summed E-state index contributed by atoms with van der Waals surface area (Å²) in [5, 5.41) is -2.23. The highest BCUT2D eigenvalue weighted by Gasteiger charge is 2.60. The molecule has 10 heavy (non-hydrogen) atoms. The third-order valence-electron chi connectivity index (χ3n) is 0.878. The lowest BCUT2D eigenvalue weighted by atomic mass is 10.2. The maximum absolute atomic E-state index is 11.8. The van der Waals surface area contributed by atoms with Crippen LogP contribution < -0.4 is 0 Å². The third kappa shape index (κ3) is 1.71. The average molecular weight is 183 g/mol. The van der Waals surface area contributed by atoms with Crippen molar-refractivity contribution in [3.8, 4) is 0 Å². The lowest BCUT2D eigenvalue weighted by molar-refractivity contribution is -0.280. The molecule has 1 unspecified atom stereocenters. The number of rotatable bonds is 1. The third-order valence-corrected chi connectivity index (χ3v) is 1.15. The standard InChI is InChI=1S/C4H4ClF5/c1-2(5)3(6,7)4(8,9)10/h2H,1H3. The SMILES string of the molecule is CC(Cl)C(F)(F)C(F)(F)F. The minimum absolute atomic E-state index is 0.592. The molecule has 0 aliphatic carbocycles. The Labute approximate surface area is 59.0 Å². The van der Waals surface area contributed by atoms with E-state index in [4.69, 9.17) is 0 Å². The van der Waals surface area contributed by atoms with E-state index in [2.05, 4.69) is 11.6 Å². The van der Waals surface area contributed by atoms with E-state index < -0.39 is 17.5 Å². The van der Waals surface area contributed by atoms with E-state index in [0.29, 0.717) is 6.92 Å². The van der Waals surface area contributed by atoms with E-state index in [1.807, 2.05) is 0 Å². The molecule has 0 fully saturated rings. The molecule has 0 bridgehead atoms. The van der Waals surface area contributed by atoms with E-state index in [-0.39, 0.29) is 0 Å². The molecule has 0 amide bonds. The van der Waals surface area contributed by atoms with Crippen LogP contribution in [0.1, 0.15) is 6.92 Å². The maximum Gasteiger partial charge on any atom is 0.454 e. The molecular weight excluding hydrogens is 178 g/mol. The van der Waals surface area contributed by atoms with Gasteiger partial charge in [0.1, 0.15) is 5.38 Å². The van der Waals surface area contributed by atoms with Crippen LogP contribution in [0.25, 0.3) is 0 Å². The first-order valence-electron chi connectivity index (χ1n) is 2.28. The lowest BCUT2D eigenvalue weighted by Gasteiger charge is -2.21. The summed E-state index contributed by atoms with van der Waals surface area (Å²) in [6, 6.07) is 0. The molecule has 0 saturated carbocycles. The summed E-state index contributed by atoms with van der Waals surface area (Å²) in [6.45, 7) is 0.592. The molecule has 0 aromatic heterocycles. The van der Waals surface area contributed by atoms with Crippen LogP contribution in [0.3, 0.4) is 0 Å². The molecule has 0 spiro atoms. The van der Waals surface area contributed by atoms with Gasteiger partial charge in [-0.15, -0.1) is 11.6 Å². The molecule has 0 rings (SSSR count). The number of hydrogen-bond donors (Lipinski definition) is 0.